The minimum Gasteiger partial charge on any atom is -0.494 e. The zero-order chi connectivity index (χ0) is 14.8. The van der Waals surface area contributed by atoms with Gasteiger partial charge in [0.2, 0.25) is 0 Å². The van der Waals surface area contributed by atoms with Crippen LogP contribution in [0.3, 0.4) is 0 Å². The fourth-order valence-electron chi connectivity index (χ4n) is 2.61. The summed E-state index contributed by atoms with van der Waals surface area (Å²) in [6.07, 6.45) is 8.73. The van der Waals surface area contributed by atoms with E-state index in [4.69, 9.17) is 9.47 Å². The van der Waals surface area contributed by atoms with Crippen LogP contribution in [0.4, 0.5) is 0 Å². The molecule has 1 aromatic rings. The third kappa shape index (κ3) is 6.49. The van der Waals surface area contributed by atoms with E-state index >= 15 is 0 Å². The van der Waals surface area contributed by atoms with E-state index < -0.39 is 0 Å². The average Bonchev–Trinajstić information content (AvgIpc) is 3.03. The summed E-state index contributed by atoms with van der Waals surface area (Å²) < 4.78 is 11.3. The second kappa shape index (κ2) is 9.80. The van der Waals surface area contributed by atoms with E-state index in [1.54, 1.807) is 0 Å². The van der Waals surface area contributed by atoms with E-state index in [9.17, 15) is 0 Å². The van der Waals surface area contributed by atoms with Crippen LogP contribution in [0.2, 0.25) is 0 Å². The highest BCUT2D eigenvalue weighted by Gasteiger charge is 2.13. The van der Waals surface area contributed by atoms with E-state index in [1.165, 1.54) is 31.2 Å². The molecule has 0 aliphatic carbocycles. The summed E-state index contributed by atoms with van der Waals surface area (Å²) in [7, 11) is 0. The Hall–Kier alpha value is -1.06. The molecule has 1 aliphatic heterocycles. The number of ether oxygens (including phenoxy) is 2. The van der Waals surface area contributed by atoms with Crippen LogP contribution in [0.25, 0.3) is 0 Å². The first kappa shape index (κ1) is 16.3. The van der Waals surface area contributed by atoms with Crippen LogP contribution in [0, 0.1) is 0 Å². The van der Waals surface area contributed by atoms with Gasteiger partial charge in [-0.3, -0.25) is 5.32 Å². The molecular weight excluding hydrogens is 262 g/mol. The molecular formula is C18H29NO2. The Kier molecular flexibility index (Phi) is 7.61. The highest BCUT2D eigenvalue weighted by atomic mass is 16.5. The van der Waals surface area contributed by atoms with Crippen LogP contribution in [0.1, 0.15) is 51.0 Å². The Labute approximate surface area is 129 Å². The molecule has 118 valence electrons. The molecule has 1 N–H and O–H groups in total. The molecule has 0 amide bonds. The van der Waals surface area contributed by atoms with Crippen LogP contribution in [0.5, 0.6) is 5.75 Å². The smallest absolute Gasteiger partial charge is 0.119 e. The molecule has 1 unspecified atom stereocenters. The van der Waals surface area contributed by atoms with Gasteiger partial charge in [0, 0.05) is 6.54 Å². The van der Waals surface area contributed by atoms with Crippen LogP contribution < -0.4 is 10.1 Å². The van der Waals surface area contributed by atoms with Crippen molar-refractivity contribution in [2.45, 2.75) is 58.1 Å². The van der Waals surface area contributed by atoms with Crippen molar-refractivity contribution in [2.24, 2.45) is 0 Å². The van der Waals surface area contributed by atoms with E-state index in [0.717, 1.165) is 44.8 Å². The third-order valence-corrected chi connectivity index (χ3v) is 3.93. The van der Waals surface area contributed by atoms with Crippen molar-refractivity contribution in [3.05, 3.63) is 29.8 Å². The predicted molar refractivity (Wildman–Crippen MR) is 86.8 cm³/mol. The maximum atomic E-state index is 5.78. The second-order valence-corrected chi connectivity index (χ2v) is 5.76. The summed E-state index contributed by atoms with van der Waals surface area (Å²) in [5.74, 6) is 0.990. The summed E-state index contributed by atoms with van der Waals surface area (Å²) in [5.41, 5.74) is 1.35. The normalized spacial score (nSPS) is 18.0. The fourth-order valence-corrected chi connectivity index (χ4v) is 2.61. The number of rotatable bonds is 10. The van der Waals surface area contributed by atoms with Gasteiger partial charge in [0.1, 0.15) is 12.0 Å². The fraction of sp³-hybridized carbons (Fsp3) is 0.667. The van der Waals surface area contributed by atoms with Gasteiger partial charge in [0.05, 0.1) is 13.2 Å². The minimum atomic E-state index is 0.240. The van der Waals surface area contributed by atoms with Gasteiger partial charge in [-0.05, 0) is 37.0 Å². The van der Waals surface area contributed by atoms with E-state index in [0.29, 0.717) is 0 Å². The molecule has 2 rings (SSSR count). The van der Waals surface area contributed by atoms with Gasteiger partial charge in [0.15, 0.2) is 0 Å². The Morgan fingerprint density at radius 3 is 2.67 bits per heavy atom. The minimum absolute atomic E-state index is 0.240. The molecule has 0 radical (unpaired) electrons. The number of nitrogens with one attached hydrogen (secondary N) is 1. The van der Waals surface area contributed by atoms with Crippen LogP contribution in [-0.2, 0) is 11.2 Å². The summed E-state index contributed by atoms with van der Waals surface area (Å²) >= 11 is 0. The molecule has 1 fully saturated rings. The Morgan fingerprint density at radius 1 is 1.14 bits per heavy atom. The molecule has 0 bridgehead atoms. The SMILES string of the molecule is CCCCCCCOc1ccc(CCC2NCCO2)cc1. The van der Waals surface area contributed by atoms with Crippen molar-refractivity contribution in [1.82, 2.24) is 5.32 Å². The molecule has 3 heteroatoms. The molecule has 3 nitrogen and oxygen atoms in total. The van der Waals surface area contributed by atoms with Crippen molar-refractivity contribution in [3.63, 3.8) is 0 Å². The molecule has 1 saturated heterocycles. The van der Waals surface area contributed by atoms with Gasteiger partial charge in [-0.1, -0.05) is 44.7 Å². The summed E-state index contributed by atoms with van der Waals surface area (Å²) in [4.78, 5) is 0. The maximum Gasteiger partial charge on any atom is 0.119 e. The van der Waals surface area contributed by atoms with Gasteiger partial charge in [-0.2, -0.15) is 0 Å². The van der Waals surface area contributed by atoms with Crippen LogP contribution in [0.15, 0.2) is 24.3 Å². The second-order valence-electron chi connectivity index (χ2n) is 5.76. The van der Waals surface area contributed by atoms with Crippen molar-refractivity contribution in [2.75, 3.05) is 19.8 Å². The largest absolute Gasteiger partial charge is 0.494 e. The summed E-state index contributed by atoms with van der Waals surface area (Å²) in [6.45, 7) is 4.90. The number of aryl methyl sites for hydroxylation is 1. The lowest BCUT2D eigenvalue weighted by Gasteiger charge is -2.10. The maximum absolute atomic E-state index is 5.78. The highest BCUT2D eigenvalue weighted by Crippen LogP contribution is 2.15. The van der Waals surface area contributed by atoms with Gasteiger partial charge in [-0.15, -0.1) is 0 Å². The molecule has 1 aromatic carbocycles. The average molecular weight is 291 g/mol. The van der Waals surface area contributed by atoms with Crippen molar-refractivity contribution in [1.29, 1.82) is 0 Å². The monoisotopic (exact) mass is 291 g/mol. The Morgan fingerprint density at radius 2 is 1.95 bits per heavy atom. The van der Waals surface area contributed by atoms with Crippen LogP contribution >= 0.6 is 0 Å². The highest BCUT2D eigenvalue weighted by molar-refractivity contribution is 5.27. The number of unbranched alkanes of at least 4 members (excludes halogenated alkanes) is 4. The van der Waals surface area contributed by atoms with Gasteiger partial charge >= 0.3 is 0 Å². The summed E-state index contributed by atoms with van der Waals surface area (Å²) in [5, 5.41) is 3.34. The molecule has 1 heterocycles. The van der Waals surface area contributed by atoms with Crippen molar-refractivity contribution < 1.29 is 9.47 Å². The quantitative estimate of drug-likeness (QED) is 0.663. The number of benzene rings is 1. The molecule has 0 saturated carbocycles. The van der Waals surface area contributed by atoms with Crippen molar-refractivity contribution >= 4 is 0 Å². The molecule has 0 spiro atoms. The molecule has 1 atom stereocenters. The Bertz CT molecular complexity index is 371. The van der Waals surface area contributed by atoms with E-state index in [1.807, 2.05) is 0 Å². The number of hydrogen-bond acceptors (Lipinski definition) is 3. The third-order valence-electron chi connectivity index (χ3n) is 3.93. The zero-order valence-corrected chi connectivity index (χ0v) is 13.3. The summed E-state index contributed by atoms with van der Waals surface area (Å²) in [6, 6.07) is 8.51. The van der Waals surface area contributed by atoms with Gasteiger partial charge in [-0.25, -0.2) is 0 Å². The molecule has 1 aliphatic rings. The lowest BCUT2D eigenvalue weighted by molar-refractivity contribution is 0.0946. The van der Waals surface area contributed by atoms with E-state index in [-0.39, 0.29) is 6.23 Å². The zero-order valence-electron chi connectivity index (χ0n) is 13.3. The number of hydrogen-bond donors (Lipinski definition) is 1. The predicted octanol–water partition coefficient (Wildman–Crippen LogP) is 3.91. The van der Waals surface area contributed by atoms with Crippen molar-refractivity contribution in [3.8, 4) is 5.75 Å². The molecule has 21 heavy (non-hydrogen) atoms. The van der Waals surface area contributed by atoms with E-state index in [2.05, 4.69) is 36.5 Å². The van der Waals surface area contributed by atoms with Crippen LogP contribution in [-0.4, -0.2) is 26.0 Å². The molecule has 0 aromatic heterocycles. The van der Waals surface area contributed by atoms with Gasteiger partial charge in [0.25, 0.3) is 0 Å². The first-order valence-electron chi connectivity index (χ1n) is 8.45. The lowest BCUT2D eigenvalue weighted by atomic mass is 10.1. The first-order valence-corrected chi connectivity index (χ1v) is 8.45. The topological polar surface area (TPSA) is 30.5 Å². The Balaban J connectivity index is 1.59. The lowest BCUT2D eigenvalue weighted by Crippen LogP contribution is -2.22. The first-order chi connectivity index (χ1) is 10.4. The standard InChI is InChI=1S/C18H29NO2/c1-2-3-4-5-6-14-20-17-10-7-16(8-11-17)9-12-18-19-13-15-21-18/h7-8,10-11,18-19H,2-6,9,12-15H2,1H3. The van der Waals surface area contributed by atoms with Gasteiger partial charge < -0.3 is 9.47 Å².